The molecule has 18 heavy (non-hydrogen) atoms. The first kappa shape index (κ1) is 14.6. The fourth-order valence-electron chi connectivity index (χ4n) is 1.67. The molecule has 0 heterocycles. The van der Waals surface area contributed by atoms with E-state index in [-0.39, 0.29) is 6.04 Å². The summed E-state index contributed by atoms with van der Waals surface area (Å²) in [6.45, 7) is 3.30. The molecule has 0 spiro atoms. The third kappa shape index (κ3) is 3.27. The van der Waals surface area contributed by atoms with Crippen LogP contribution in [0.15, 0.2) is 12.1 Å². The first-order valence-corrected chi connectivity index (χ1v) is 5.89. The Morgan fingerprint density at radius 2 is 1.78 bits per heavy atom. The summed E-state index contributed by atoms with van der Waals surface area (Å²) in [5.74, 6) is 1.96. The topological polar surface area (TPSA) is 65.7 Å². The lowest BCUT2D eigenvalue weighted by atomic mass is 10.1. The van der Waals surface area contributed by atoms with Crippen LogP contribution in [0.2, 0.25) is 0 Å². The summed E-state index contributed by atoms with van der Waals surface area (Å²) >= 11 is 0. The van der Waals surface area contributed by atoms with Crippen molar-refractivity contribution in [3.63, 3.8) is 0 Å². The third-order valence-electron chi connectivity index (χ3n) is 2.78. The third-order valence-corrected chi connectivity index (χ3v) is 2.78. The number of methoxy groups -OCH3 is 3. The second-order valence-electron chi connectivity index (χ2n) is 4.01. The normalized spacial score (nSPS) is 12.1. The maximum absolute atomic E-state index is 5.57. The number of hydrogen-bond donors (Lipinski definition) is 2. The fraction of sp³-hybridized carbons (Fsp3) is 0.538. The van der Waals surface area contributed by atoms with Gasteiger partial charge in [-0.05, 0) is 13.0 Å². The van der Waals surface area contributed by atoms with Crippen LogP contribution in [-0.2, 0) is 6.54 Å². The van der Waals surface area contributed by atoms with Gasteiger partial charge in [-0.3, -0.25) is 0 Å². The molecular weight excluding hydrogens is 232 g/mol. The number of nitrogens with two attached hydrogens (primary N) is 1. The monoisotopic (exact) mass is 254 g/mol. The number of nitrogens with one attached hydrogen (secondary N) is 1. The van der Waals surface area contributed by atoms with Crippen LogP contribution in [-0.4, -0.2) is 33.9 Å². The summed E-state index contributed by atoms with van der Waals surface area (Å²) in [4.78, 5) is 0. The van der Waals surface area contributed by atoms with Gasteiger partial charge in [-0.1, -0.05) is 6.07 Å². The Kier molecular flexibility index (Phi) is 5.74. The van der Waals surface area contributed by atoms with Crippen LogP contribution < -0.4 is 25.3 Å². The van der Waals surface area contributed by atoms with Crippen molar-refractivity contribution in [2.75, 3.05) is 27.9 Å². The van der Waals surface area contributed by atoms with Crippen molar-refractivity contribution in [3.8, 4) is 17.2 Å². The zero-order chi connectivity index (χ0) is 13.5. The summed E-state index contributed by atoms with van der Waals surface area (Å²) in [7, 11) is 4.82. The molecule has 5 nitrogen and oxygen atoms in total. The van der Waals surface area contributed by atoms with Crippen LogP contribution in [0, 0.1) is 0 Å². The fourth-order valence-corrected chi connectivity index (χ4v) is 1.67. The van der Waals surface area contributed by atoms with Crippen molar-refractivity contribution in [2.45, 2.75) is 19.5 Å². The van der Waals surface area contributed by atoms with E-state index in [1.54, 1.807) is 21.3 Å². The van der Waals surface area contributed by atoms with E-state index in [0.29, 0.717) is 30.3 Å². The van der Waals surface area contributed by atoms with Crippen molar-refractivity contribution in [1.29, 1.82) is 0 Å². The van der Waals surface area contributed by atoms with Gasteiger partial charge in [-0.2, -0.15) is 0 Å². The minimum atomic E-state index is 0.253. The molecule has 1 rings (SSSR count). The Bertz CT molecular complexity index is 383. The van der Waals surface area contributed by atoms with Gasteiger partial charge in [-0.15, -0.1) is 0 Å². The molecular formula is C13H22N2O3. The van der Waals surface area contributed by atoms with Crippen molar-refractivity contribution in [1.82, 2.24) is 5.32 Å². The number of rotatable bonds is 7. The average molecular weight is 254 g/mol. The standard InChI is InChI=1S/C13H22N2O3/c1-9(7-14)15-8-10-5-6-11(16-2)13(18-4)12(10)17-3/h5-6,9,15H,7-8,14H2,1-4H3/t9-/m1/s1. The summed E-state index contributed by atoms with van der Waals surface area (Å²) in [5, 5.41) is 3.31. The van der Waals surface area contributed by atoms with Gasteiger partial charge in [0.25, 0.3) is 0 Å². The van der Waals surface area contributed by atoms with Crippen LogP contribution in [0.5, 0.6) is 17.2 Å². The smallest absolute Gasteiger partial charge is 0.203 e. The van der Waals surface area contributed by atoms with E-state index in [2.05, 4.69) is 5.32 Å². The molecule has 1 atom stereocenters. The Morgan fingerprint density at radius 3 is 2.28 bits per heavy atom. The second-order valence-corrected chi connectivity index (χ2v) is 4.01. The number of benzene rings is 1. The van der Waals surface area contributed by atoms with Gasteiger partial charge in [0.15, 0.2) is 11.5 Å². The van der Waals surface area contributed by atoms with Gasteiger partial charge >= 0.3 is 0 Å². The Labute approximate surface area is 108 Å². The predicted molar refractivity (Wildman–Crippen MR) is 71.5 cm³/mol. The summed E-state index contributed by atoms with van der Waals surface area (Å²) in [5.41, 5.74) is 6.58. The summed E-state index contributed by atoms with van der Waals surface area (Å²) in [6, 6.07) is 4.07. The highest BCUT2D eigenvalue weighted by molar-refractivity contribution is 5.55. The van der Waals surface area contributed by atoms with Gasteiger partial charge in [0, 0.05) is 24.7 Å². The van der Waals surface area contributed by atoms with E-state index in [0.717, 1.165) is 5.56 Å². The molecule has 0 aliphatic heterocycles. The molecule has 3 N–H and O–H groups in total. The predicted octanol–water partition coefficient (Wildman–Crippen LogP) is 1.15. The van der Waals surface area contributed by atoms with Crippen molar-refractivity contribution < 1.29 is 14.2 Å². The highest BCUT2D eigenvalue weighted by Gasteiger charge is 2.15. The minimum absolute atomic E-state index is 0.253. The molecule has 0 saturated carbocycles. The maximum Gasteiger partial charge on any atom is 0.203 e. The van der Waals surface area contributed by atoms with Crippen molar-refractivity contribution in [2.24, 2.45) is 5.73 Å². The number of ether oxygens (including phenoxy) is 3. The Balaban J connectivity index is 2.97. The molecule has 0 saturated heterocycles. The van der Waals surface area contributed by atoms with E-state index in [4.69, 9.17) is 19.9 Å². The molecule has 0 aromatic heterocycles. The van der Waals surface area contributed by atoms with Gasteiger partial charge in [0.1, 0.15) is 0 Å². The van der Waals surface area contributed by atoms with E-state index >= 15 is 0 Å². The molecule has 0 amide bonds. The molecule has 0 fully saturated rings. The largest absolute Gasteiger partial charge is 0.493 e. The zero-order valence-electron chi connectivity index (χ0n) is 11.4. The summed E-state index contributed by atoms with van der Waals surface area (Å²) in [6.07, 6.45) is 0. The van der Waals surface area contributed by atoms with Crippen LogP contribution in [0.25, 0.3) is 0 Å². The molecule has 102 valence electrons. The van der Waals surface area contributed by atoms with Crippen molar-refractivity contribution in [3.05, 3.63) is 17.7 Å². The van der Waals surface area contributed by atoms with Crippen LogP contribution in [0.1, 0.15) is 12.5 Å². The molecule has 0 aliphatic carbocycles. The van der Waals surface area contributed by atoms with Gasteiger partial charge in [0.05, 0.1) is 21.3 Å². The zero-order valence-corrected chi connectivity index (χ0v) is 11.4. The lowest BCUT2D eigenvalue weighted by Crippen LogP contribution is -2.32. The van der Waals surface area contributed by atoms with E-state index in [1.165, 1.54) is 0 Å². The molecule has 1 aromatic rings. The lowest BCUT2D eigenvalue weighted by Gasteiger charge is -2.17. The summed E-state index contributed by atoms with van der Waals surface area (Å²) < 4.78 is 16.0. The second kappa shape index (κ2) is 7.08. The van der Waals surface area contributed by atoms with Gasteiger partial charge in [0.2, 0.25) is 5.75 Å². The van der Waals surface area contributed by atoms with Crippen LogP contribution in [0.4, 0.5) is 0 Å². The quantitative estimate of drug-likeness (QED) is 0.764. The molecule has 0 bridgehead atoms. The molecule has 0 unspecified atom stereocenters. The molecule has 1 aromatic carbocycles. The molecule has 5 heteroatoms. The first-order chi connectivity index (χ1) is 8.67. The van der Waals surface area contributed by atoms with Gasteiger partial charge in [-0.25, -0.2) is 0 Å². The van der Waals surface area contributed by atoms with E-state index < -0.39 is 0 Å². The highest BCUT2D eigenvalue weighted by atomic mass is 16.5. The first-order valence-electron chi connectivity index (χ1n) is 5.89. The van der Waals surface area contributed by atoms with Crippen LogP contribution >= 0.6 is 0 Å². The van der Waals surface area contributed by atoms with E-state index in [1.807, 2.05) is 19.1 Å². The van der Waals surface area contributed by atoms with Crippen LogP contribution in [0.3, 0.4) is 0 Å². The van der Waals surface area contributed by atoms with Crippen molar-refractivity contribution >= 4 is 0 Å². The Morgan fingerprint density at radius 1 is 1.11 bits per heavy atom. The minimum Gasteiger partial charge on any atom is -0.493 e. The number of hydrogen-bond acceptors (Lipinski definition) is 5. The van der Waals surface area contributed by atoms with Gasteiger partial charge < -0.3 is 25.3 Å². The SMILES string of the molecule is COc1ccc(CN[C@H](C)CN)c(OC)c1OC. The molecule has 0 aliphatic rings. The highest BCUT2D eigenvalue weighted by Crippen LogP contribution is 2.39. The lowest BCUT2D eigenvalue weighted by molar-refractivity contribution is 0.321. The molecule has 0 radical (unpaired) electrons. The Hall–Kier alpha value is -1.46. The maximum atomic E-state index is 5.57. The average Bonchev–Trinajstić information content (AvgIpc) is 2.43. The van der Waals surface area contributed by atoms with E-state index in [9.17, 15) is 0 Å².